The summed E-state index contributed by atoms with van der Waals surface area (Å²) in [6.45, 7) is 8.25. The fourth-order valence-corrected chi connectivity index (χ4v) is 4.68. The standard InChI is InChI=1S/C18H27N5S2.HI/c1-4-15-10-20-17(25-15)11-22-18(19-3)21-9-13(2)23-7-5-16-14(12-23)6-8-24-16;/h6,8,10,13H,4-5,7,9,11-12H2,1-3H3,(H2,19,21,22);1H. The maximum atomic E-state index is 4.44. The smallest absolute Gasteiger partial charge is 0.191 e. The lowest BCUT2D eigenvalue weighted by Crippen LogP contribution is -2.47. The van der Waals surface area contributed by atoms with Crippen LogP contribution in [-0.2, 0) is 25.9 Å². The Bertz CT molecular complexity index is 712. The molecule has 5 nitrogen and oxygen atoms in total. The zero-order valence-corrected chi connectivity index (χ0v) is 19.6. The molecule has 0 saturated heterocycles. The van der Waals surface area contributed by atoms with Crippen LogP contribution in [0.25, 0.3) is 0 Å². The van der Waals surface area contributed by atoms with E-state index in [1.54, 1.807) is 16.2 Å². The van der Waals surface area contributed by atoms with Crippen LogP contribution >= 0.6 is 46.7 Å². The Hall–Kier alpha value is -0.710. The molecular formula is C18H28IN5S2. The summed E-state index contributed by atoms with van der Waals surface area (Å²) in [5.74, 6) is 0.841. The molecule has 0 bridgehead atoms. The highest BCUT2D eigenvalue weighted by Crippen LogP contribution is 2.24. The average Bonchev–Trinajstić information content (AvgIpc) is 3.29. The first-order valence-electron chi connectivity index (χ1n) is 8.87. The third-order valence-electron chi connectivity index (χ3n) is 4.61. The molecule has 0 spiro atoms. The second kappa shape index (κ2) is 10.6. The highest BCUT2D eigenvalue weighted by atomic mass is 127. The van der Waals surface area contributed by atoms with Gasteiger partial charge in [-0.05, 0) is 36.8 Å². The summed E-state index contributed by atoms with van der Waals surface area (Å²) in [6.07, 6.45) is 4.19. The van der Waals surface area contributed by atoms with E-state index in [1.165, 1.54) is 16.9 Å². The topological polar surface area (TPSA) is 52.6 Å². The third kappa shape index (κ3) is 5.64. The van der Waals surface area contributed by atoms with Gasteiger partial charge in [0, 0.05) is 48.7 Å². The zero-order valence-electron chi connectivity index (χ0n) is 15.6. The summed E-state index contributed by atoms with van der Waals surface area (Å²) in [4.78, 5) is 14.2. The Morgan fingerprint density at radius 2 is 2.27 bits per heavy atom. The molecular weight excluding hydrogens is 477 g/mol. The Morgan fingerprint density at radius 3 is 3.00 bits per heavy atom. The molecule has 0 amide bonds. The molecule has 144 valence electrons. The van der Waals surface area contributed by atoms with Crippen molar-refractivity contribution in [3.63, 3.8) is 0 Å². The first-order valence-corrected chi connectivity index (χ1v) is 10.6. The summed E-state index contributed by atoms with van der Waals surface area (Å²) in [7, 11) is 1.82. The minimum atomic E-state index is 0. The van der Waals surface area contributed by atoms with Crippen molar-refractivity contribution in [2.45, 2.75) is 45.8 Å². The molecule has 8 heteroatoms. The second-order valence-electron chi connectivity index (χ2n) is 6.32. The molecule has 1 aliphatic heterocycles. The molecule has 1 aliphatic rings. The maximum Gasteiger partial charge on any atom is 0.191 e. The van der Waals surface area contributed by atoms with Gasteiger partial charge >= 0.3 is 0 Å². The molecule has 0 radical (unpaired) electrons. The van der Waals surface area contributed by atoms with Gasteiger partial charge in [0.05, 0.1) is 6.54 Å². The average molecular weight is 505 g/mol. The SMILES string of the molecule is CCc1cnc(CNC(=NC)NCC(C)N2CCc3sccc3C2)s1.I. The predicted octanol–water partition coefficient (Wildman–Crippen LogP) is 3.50. The number of fused-ring (bicyclic) bond motifs is 1. The van der Waals surface area contributed by atoms with Crippen molar-refractivity contribution < 1.29 is 0 Å². The lowest BCUT2D eigenvalue weighted by atomic mass is 10.1. The number of nitrogens with one attached hydrogen (secondary N) is 2. The van der Waals surface area contributed by atoms with Crippen molar-refractivity contribution in [2.24, 2.45) is 4.99 Å². The van der Waals surface area contributed by atoms with Crippen LogP contribution in [0, 0.1) is 0 Å². The first kappa shape index (κ1) is 21.6. The number of thiazole rings is 1. The van der Waals surface area contributed by atoms with E-state index in [4.69, 9.17) is 0 Å². The Kier molecular flexibility index (Phi) is 8.78. The highest BCUT2D eigenvalue weighted by Gasteiger charge is 2.21. The lowest BCUT2D eigenvalue weighted by Gasteiger charge is -2.32. The quantitative estimate of drug-likeness (QED) is 0.359. The number of aromatic nitrogens is 1. The summed E-state index contributed by atoms with van der Waals surface area (Å²) in [5, 5.41) is 10.1. The van der Waals surface area contributed by atoms with Crippen LogP contribution in [-0.4, -0.2) is 42.0 Å². The molecule has 3 heterocycles. The van der Waals surface area contributed by atoms with Crippen LogP contribution < -0.4 is 10.6 Å². The molecule has 0 aliphatic carbocycles. The Balaban J connectivity index is 0.00000243. The number of thiophene rings is 1. The Morgan fingerprint density at radius 1 is 1.42 bits per heavy atom. The van der Waals surface area contributed by atoms with Gasteiger partial charge < -0.3 is 10.6 Å². The summed E-state index contributed by atoms with van der Waals surface area (Å²) in [5.41, 5.74) is 1.50. The molecule has 3 rings (SSSR count). The van der Waals surface area contributed by atoms with Gasteiger partial charge in [-0.2, -0.15) is 0 Å². The van der Waals surface area contributed by atoms with Gasteiger partial charge in [0.2, 0.25) is 0 Å². The van der Waals surface area contributed by atoms with Gasteiger partial charge in [0.1, 0.15) is 5.01 Å². The van der Waals surface area contributed by atoms with Crippen LogP contribution in [0.5, 0.6) is 0 Å². The van der Waals surface area contributed by atoms with E-state index in [9.17, 15) is 0 Å². The second-order valence-corrected chi connectivity index (χ2v) is 8.52. The van der Waals surface area contributed by atoms with E-state index in [2.05, 4.69) is 50.8 Å². The molecule has 2 aromatic heterocycles. The number of hydrogen-bond donors (Lipinski definition) is 2. The fourth-order valence-electron chi connectivity index (χ4n) is 2.99. The molecule has 2 N–H and O–H groups in total. The van der Waals surface area contributed by atoms with Crippen molar-refractivity contribution >= 4 is 52.6 Å². The molecule has 0 aromatic carbocycles. The number of guanidine groups is 1. The van der Waals surface area contributed by atoms with Gasteiger partial charge in [-0.3, -0.25) is 9.89 Å². The predicted molar refractivity (Wildman–Crippen MR) is 123 cm³/mol. The fraction of sp³-hybridized carbons (Fsp3) is 0.556. The number of hydrogen-bond acceptors (Lipinski definition) is 5. The van der Waals surface area contributed by atoms with E-state index in [0.717, 1.165) is 43.6 Å². The van der Waals surface area contributed by atoms with E-state index < -0.39 is 0 Å². The lowest BCUT2D eigenvalue weighted by molar-refractivity contribution is 0.192. The molecule has 26 heavy (non-hydrogen) atoms. The van der Waals surface area contributed by atoms with Crippen LogP contribution in [0.3, 0.4) is 0 Å². The number of aliphatic imine (C=N–C) groups is 1. The monoisotopic (exact) mass is 505 g/mol. The Labute approximate surface area is 181 Å². The molecule has 2 aromatic rings. The van der Waals surface area contributed by atoms with Crippen LogP contribution in [0.2, 0.25) is 0 Å². The minimum absolute atomic E-state index is 0. The van der Waals surface area contributed by atoms with Crippen molar-refractivity contribution in [3.8, 4) is 0 Å². The van der Waals surface area contributed by atoms with Crippen molar-refractivity contribution in [1.82, 2.24) is 20.5 Å². The third-order valence-corrected chi connectivity index (χ3v) is 6.77. The van der Waals surface area contributed by atoms with Gasteiger partial charge in [-0.15, -0.1) is 46.7 Å². The molecule has 0 saturated carbocycles. The maximum absolute atomic E-state index is 4.44. The van der Waals surface area contributed by atoms with E-state index in [1.807, 2.05) is 24.6 Å². The van der Waals surface area contributed by atoms with E-state index in [0.29, 0.717) is 6.04 Å². The highest BCUT2D eigenvalue weighted by molar-refractivity contribution is 14.0. The van der Waals surface area contributed by atoms with Gasteiger partial charge in [0.25, 0.3) is 0 Å². The van der Waals surface area contributed by atoms with Gasteiger partial charge in [-0.1, -0.05) is 6.92 Å². The normalized spacial score (nSPS) is 15.9. The van der Waals surface area contributed by atoms with Crippen molar-refractivity contribution in [3.05, 3.63) is 38.0 Å². The number of aryl methyl sites for hydroxylation is 1. The zero-order chi connectivity index (χ0) is 17.6. The largest absolute Gasteiger partial charge is 0.355 e. The van der Waals surface area contributed by atoms with E-state index >= 15 is 0 Å². The molecule has 0 fully saturated rings. The first-order chi connectivity index (χ1) is 12.2. The number of halogens is 1. The van der Waals surface area contributed by atoms with Crippen LogP contribution in [0.1, 0.15) is 34.2 Å². The van der Waals surface area contributed by atoms with Crippen molar-refractivity contribution in [2.75, 3.05) is 20.1 Å². The van der Waals surface area contributed by atoms with Crippen LogP contribution in [0.15, 0.2) is 22.6 Å². The van der Waals surface area contributed by atoms with Gasteiger partial charge in [-0.25, -0.2) is 4.98 Å². The summed E-state index contributed by atoms with van der Waals surface area (Å²) in [6, 6.07) is 2.74. The minimum Gasteiger partial charge on any atom is -0.355 e. The van der Waals surface area contributed by atoms with Crippen molar-refractivity contribution in [1.29, 1.82) is 0 Å². The van der Waals surface area contributed by atoms with E-state index in [-0.39, 0.29) is 24.0 Å². The number of rotatable bonds is 6. The van der Waals surface area contributed by atoms with Crippen LogP contribution in [0.4, 0.5) is 0 Å². The number of nitrogens with zero attached hydrogens (tertiary/aromatic N) is 3. The summed E-state index contributed by atoms with van der Waals surface area (Å²) >= 11 is 3.66. The van der Waals surface area contributed by atoms with Gasteiger partial charge in [0.15, 0.2) is 5.96 Å². The molecule has 1 unspecified atom stereocenters. The summed E-state index contributed by atoms with van der Waals surface area (Å²) < 4.78 is 0. The molecule has 1 atom stereocenters.